The molecule has 0 unspecified atom stereocenters. The highest BCUT2D eigenvalue weighted by Gasteiger charge is 2.29. The number of amides is 1. The van der Waals surface area contributed by atoms with Crippen LogP contribution in [0.5, 0.6) is 0 Å². The maximum absolute atomic E-state index is 13.7. The third-order valence-corrected chi connectivity index (χ3v) is 3.75. The summed E-state index contributed by atoms with van der Waals surface area (Å²) in [4.78, 5) is 26.7. The van der Waals surface area contributed by atoms with E-state index in [0.717, 1.165) is 0 Å². The normalized spacial score (nSPS) is 10.7. The van der Waals surface area contributed by atoms with Crippen molar-refractivity contribution in [2.24, 2.45) is 7.05 Å². The van der Waals surface area contributed by atoms with Crippen LogP contribution in [-0.4, -0.2) is 35.4 Å². The SMILES string of the molecule is Cc1c([N+](=O)[O-])c(C(=O)Nc2ncn(Cc3ccccc3F)n2)nn1C. The van der Waals surface area contributed by atoms with Crippen LogP contribution in [0.3, 0.4) is 0 Å². The minimum absolute atomic E-state index is 0.0658. The molecule has 0 saturated carbocycles. The molecule has 3 aromatic rings. The molecule has 2 aromatic heterocycles. The number of aromatic nitrogens is 5. The first-order valence-electron chi connectivity index (χ1n) is 7.49. The van der Waals surface area contributed by atoms with Crippen LogP contribution in [0.15, 0.2) is 30.6 Å². The zero-order chi connectivity index (χ0) is 18.8. The van der Waals surface area contributed by atoms with Crippen molar-refractivity contribution < 1.29 is 14.1 Å². The van der Waals surface area contributed by atoms with Gasteiger partial charge in [-0.3, -0.25) is 24.9 Å². The van der Waals surface area contributed by atoms with Crippen molar-refractivity contribution in [3.05, 3.63) is 63.5 Å². The number of carbonyl (C=O) groups is 1. The smallest absolute Gasteiger partial charge is 0.287 e. The molecule has 1 aromatic carbocycles. The van der Waals surface area contributed by atoms with Crippen molar-refractivity contribution >= 4 is 17.5 Å². The molecule has 134 valence electrons. The summed E-state index contributed by atoms with van der Waals surface area (Å²) in [6.45, 7) is 1.61. The molecule has 0 aliphatic carbocycles. The Morgan fingerprint density at radius 2 is 2.08 bits per heavy atom. The Kier molecular flexibility index (Phi) is 4.43. The largest absolute Gasteiger partial charge is 0.322 e. The molecular formula is C15H14FN7O3. The van der Waals surface area contributed by atoms with Gasteiger partial charge < -0.3 is 0 Å². The van der Waals surface area contributed by atoms with Gasteiger partial charge in [-0.25, -0.2) is 14.1 Å². The van der Waals surface area contributed by atoms with Gasteiger partial charge in [-0.05, 0) is 13.0 Å². The lowest BCUT2D eigenvalue weighted by molar-refractivity contribution is -0.385. The Hall–Kier alpha value is -3.63. The van der Waals surface area contributed by atoms with E-state index in [1.54, 1.807) is 18.2 Å². The van der Waals surface area contributed by atoms with E-state index in [1.807, 2.05) is 0 Å². The number of anilines is 1. The van der Waals surface area contributed by atoms with Gasteiger partial charge in [-0.1, -0.05) is 18.2 Å². The van der Waals surface area contributed by atoms with Crippen LogP contribution in [-0.2, 0) is 13.6 Å². The first-order valence-corrected chi connectivity index (χ1v) is 7.49. The maximum Gasteiger partial charge on any atom is 0.322 e. The molecule has 11 heteroatoms. The van der Waals surface area contributed by atoms with Crippen LogP contribution in [0.25, 0.3) is 0 Å². The number of rotatable bonds is 5. The van der Waals surface area contributed by atoms with Gasteiger partial charge in [-0.2, -0.15) is 5.10 Å². The highest BCUT2D eigenvalue weighted by atomic mass is 19.1. The second-order valence-corrected chi connectivity index (χ2v) is 5.47. The lowest BCUT2D eigenvalue weighted by atomic mass is 10.2. The van der Waals surface area contributed by atoms with Crippen LogP contribution in [0.2, 0.25) is 0 Å². The highest BCUT2D eigenvalue weighted by molar-refractivity contribution is 6.04. The number of hydrogen-bond acceptors (Lipinski definition) is 6. The molecule has 0 aliphatic heterocycles. The number of benzene rings is 1. The number of halogens is 1. The minimum Gasteiger partial charge on any atom is -0.287 e. The van der Waals surface area contributed by atoms with E-state index in [2.05, 4.69) is 20.5 Å². The van der Waals surface area contributed by atoms with Gasteiger partial charge in [0.05, 0.1) is 11.5 Å². The predicted molar refractivity (Wildman–Crippen MR) is 88.1 cm³/mol. The predicted octanol–water partition coefficient (Wildman–Crippen LogP) is 1.67. The molecule has 0 atom stereocenters. The highest BCUT2D eigenvalue weighted by Crippen LogP contribution is 2.22. The van der Waals surface area contributed by atoms with Crippen molar-refractivity contribution in [2.45, 2.75) is 13.5 Å². The Morgan fingerprint density at radius 3 is 2.77 bits per heavy atom. The summed E-state index contributed by atoms with van der Waals surface area (Å²) in [5.41, 5.74) is -0.0549. The lowest BCUT2D eigenvalue weighted by Gasteiger charge is -2.02. The van der Waals surface area contributed by atoms with Gasteiger partial charge in [0, 0.05) is 12.6 Å². The van der Waals surface area contributed by atoms with Crippen LogP contribution in [0.1, 0.15) is 21.7 Å². The van der Waals surface area contributed by atoms with Gasteiger partial charge >= 0.3 is 5.69 Å². The van der Waals surface area contributed by atoms with Crippen molar-refractivity contribution in [3.8, 4) is 0 Å². The second-order valence-electron chi connectivity index (χ2n) is 5.47. The summed E-state index contributed by atoms with van der Waals surface area (Å²) < 4.78 is 16.3. The van der Waals surface area contributed by atoms with E-state index in [1.165, 1.54) is 35.7 Å². The number of carbonyl (C=O) groups excluding carboxylic acids is 1. The zero-order valence-corrected chi connectivity index (χ0v) is 13.9. The lowest BCUT2D eigenvalue weighted by Crippen LogP contribution is -2.16. The summed E-state index contributed by atoms with van der Waals surface area (Å²) in [5.74, 6) is -1.25. The molecule has 0 spiro atoms. The van der Waals surface area contributed by atoms with E-state index in [0.29, 0.717) is 5.56 Å². The standard InChI is InChI=1S/C15H14FN7O3/c1-9-13(23(25)26)12(19-21(9)2)14(24)18-15-17-8-22(20-15)7-10-5-3-4-6-11(10)16/h3-6,8H,7H2,1-2H3,(H,18,20,24). The number of nitro groups is 1. The van der Waals surface area contributed by atoms with Crippen molar-refractivity contribution in [1.29, 1.82) is 0 Å². The topological polar surface area (TPSA) is 121 Å². The van der Waals surface area contributed by atoms with Crippen molar-refractivity contribution in [2.75, 3.05) is 5.32 Å². The number of nitrogens with zero attached hydrogens (tertiary/aromatic N) is 6. The average Bonchev–Trinajstić information content (AvgIpc) is 3.14. The summed E-state index contributed by atoms with van der Waals surface area (Å²) in [7, 11) is 1.50. The summed E-state index contributed by atoms with van der Waals surface area (Å²) in [5, 5.41) is 21.4. The van der Waals surface area contributed by atoms with Gasteiger partial charge in [0.1, 0.15) is 17.8 Å². The Morgan fingerprint density at radius 1 is 1.35 bits per heavy atom. The fourth-order valence-electron chi connectivity index (χ4n) is 2.36. The molecule has 0 saturated heterocycles. The molecule has 0 aliphatic rings. The van der Waals surface area contributed by atoms with Gasteiger partial charge in [0.2, 0.25) is 11.6 Å². The van der Waals surface area contributed by atoms with E-state index in [4.69, 9.17) is 0 Å². The molecule has 0 bridgehead atoms. The monoisotopic (exact) mass is 359 g/mol. The fourth-order valence-corrected chi connectivity index (χ4v) is 2.36. The quantitative estimate of drug-likeness (QED) is 0.546. The molecule has 10 nitrogen and oxygen atoms in total. The number of nitrogens with one attached hydrogen (secondary N) is 1. The van der Waals surface area contributed by atoms with Crippen LogP contribution in [0, 0.1) is 22.9 Å². The van der Waals surface area contributed by atoms with Crippen LogP contribution in [0.4, 0.5) is 16.0 Å². The Balaban J connectivity index is 1.78. The van der Waals surface area contributed by atoms with E-state index in [-0.39, 0.29) is 35.4 Å². The first kappa shape index (κ1) is 17.2. The van der Waals surface area contributed by atoms with E-state index >= 15 is 0 Å². The third-order valence-electron chi connectivity index (χ3n) is 3.75. The zero-order valence-electron chi connectivity index (χ0n) is 13.9. The Labute approximate surface area is 146 Å². The van der Waals surface area contributed by atoms with Crippen LogP contribution < -0.4 is 5.32 Å². The van der Waals surface area contributed by atoms with E-state index < -0.39 is 10.8 Å². The van der Waals surface area contributed by atoms with Gasteiger partial charge in [0.15, 0.2) is 0 Å². The minimum atomic E-state index is -0.802. The summed E-state index contributed by atoms with van der Waals surface area (Å²) in [6, 6.07) is 6.21. The van der Waals surface area contributed by atoms with E-state index in [9.17, 15) is 19.3 Å². The van der Waals surface area contributed by atoms with Crippen LogP contribution >= 0.6 is 0 Å². The average molecular weight is 359 g/mol. The molecule has 1 N–H and O–H groups in total. The molecule has 26 heavy (non-hydrogen) atoms. The first-order chi connectivity index (χ1) is 12.4. The Bertz CT molecular complexity index is 995. The fraction of sp³-hybridized carbons (Fsp3) is 0.200. The maximum atomic E-state index is 13.7. The van der Waals surface area contributed by atoms with Gasteiger partial charge in [0.25, 0.3) is 5.91 Å². The third kappa shape index (κ3) is 3.27. The molecular weight excluding hydrogens is 345 g/mol. The molecule has 0 radical (unpaired) electrons. The summed E-state index contributed by atoms with van der Waals surface area (Å²) >= 11 is 0. The molecule has 0 fully saturated rings. The molecule has 2 heterocycles. The van der Waals surface area contributed by atoms with Gasteiger partial charge in [-0.15, -0.1) is 5.10 Å². The number of aryl methyl sites for hydroxylation is 1. The second kappa shape index (κ2) is 6.70. The van der Waals surface area contributed by atoms with Crippen molar-refractivity contribution in [1.82, 2.24) is 24.5 Å². The van der Waals surface area contributed by atoms with Crippen molar-refractivity contribution in [3.63, 3.8) is 0 Å². The molecule has 1 amide bonds. The molecule has 3 rings (SSSR count). The summed E-state index contributed by atoms with van der Waals surface area (Å²) in [6.07, 6.45) is 1.32. The number of hydrogen-bond donors (Lipinski definition) is 1.